The largest absolute Gasteiger partial charge is 0.477 e. The summed E-state index contributed by atoms with van der Waals surface area (Å²) in [5.41, 5.74) is 5.48. The van der Waals surface area contributed by atoms with Gasteiger partial charge in [0.1, 0.15) is 5.69 Å². The first-order chi connectivity index (χ1) is 18.7. The number of carboxylic acids is 1. The lowest BCUT2D eigenvalue weighted by Crippen LogP contribution is -2.31. The van der Waals surface area contributed by atoms with Crippen LogP contribution in [0, 0.1) is 6.92 Å². The molecule has 2 heterocycles. The van der Waals surface area contributed by atoms with E-state index in [-0.39, 0.29) is 34.6 Å². The van der Waals surface area contributed by atoms with Gasteiger partial charge < -0.3 is 19.9 Å². The average molecular weight is 562 g/mol. The standard InChI is InChI=1S/C30H25Cl2N3O4/c1-3-18-13-26(30(38)39)34-15-20-6-4-5-7-25(20)35(16-27(18)34)29(37)19-8-11-24(17(2)12-19)33-28(36)22-10-9-21(31)14-23(22)32/h4-14H,3,15-16H2,1-2H3,(H,33,36)(H,38,39). The Morgan fingerprint density at radius 3 is 2.44 bits per heavy atom. The Bertz CT molecular complexity index is 1640. The average Bonchev–Trinajstić information content (AvgIpc) is 3.16. The lowest BCUT2D eigenvalue weighted by Gasteiger charge is -2.24. The number of rotatable bonds is 5. The van der Waals surface area contributed by atoms with Crippen molar-refractivity contribution >= 4 is 52.4 Å². The van der Waals surface area contributed by atoms with Crippen LogP contribution in [0.5, 0.6) is 0 Å². The fraction of sp³-hybridized carbons (Fsp3) is 0.167. The smallest absolute Gasteiger partial charge is 0.352 e. The summed E-state index contributed by atoms with van der Waals surface area (Å²) in [6.45, 7) is 4.37. The predicted octanol–water partition coefficient (Wildman–Crippen LogP) is 6.82. The number of anilines is 2. The van der Waals surface area contributed by atoms with Gasteiger partial charge in [-0.3, -0.25) is 9.59 Å². The lowest BCUT2D eigenvalue weighted by molar-refractivity contribution is 0.0685. The maximum atomic E-state index is 13.9. The number of fused-ring (bicyclic) bond motifs is 2. The van der Waals surface area contributed by atoms with E-state index in [9.17, 15) is 19.5 Å². The summed E-state index contributed by atoms with van der Waals surface area (Å²) in [7, 11) is 0. The van der Waals surface area contributed by atoms with Crippen LogP contribution >= 0.6 is 23.2 Å². The van der Waals surface area contributed by atoms with Gasteiger partial charge in [-0.15, -0.1) is 0 Å². The second kappa shape index (κ2) is 10.6. The number of aromatic carboxylic acids is 1. The molecular weight excluding hydrogens is 537 g/mol. The zero-order chi connectivity index (χ0) is 27.8. The summed E-state index contributed by atoms with van der Waals surface area (Å²) in [4.78, 5) is 40.4. The van der Waals surface area contributed by atoms with Crippen LogP contribution in [-0.4, -0.2) is 27.5 Å². The van der Waals surface area contributed by atoms with Crippen molar-refractivity contribution in [2.75, 3.05) is 10.2 Å². The van der Waals surface area contributed by atoms with E-state index in [0.29, 0.717) is 34.8 Å². The second-order valence-electron chi connectivity index (χ2n) is 9.37. The number of nitrogens with one attached hydrogen (secondary N) is 1. The molecule has 0 aliphatic carbocycles. The van der Waals surface area contributed by atoms with Crippen LogP contribution in [0.1, 0.15) is 60.5 Å². The molecule has 1 aliphatic rings. The molecule has 2 amide bonds. The molecule has 4 aromatic rings. The number of carbonyl (C=O) groups excluding carboxylic acids is 2. The number of hydrogen-bond donors (Lipinski definition) is 2. The molecule has 9 heteroatoms. The van der Waals surface area contributed by atoms with Crippen LogP contribution in [0.2, 0.25) is 10.0 Å². The van der Waals surface area contributed by atoms with Gasteiger partial charge in [-0.05, 0) is 78.6 Å². The molecule has 0 bridgehead atoms. The van der Waals surface area contributed by atoms with Gasteiger partial charge in [0.05, 0.1) is 23.7 Å². The minimum atomic E-state index is -0.999. The van der Waals surface area contributed by atoms with Crippen LogP contribution in [0.25, 0.3) is 0 Å². The van der Waals surface area contributed by atoms with E-state index in [2.05, 4.69) is 5.32 Å². The number of halogens is 2. The zero-order valence-electron chi connectivity index (χ0n) is 21.3. The van der Waals surface area contributed by atoms with Crippen molar-refractivity contribution in [3.63, 3.8) is 0 Å². The molecule has 0 radical (unpaired) electrons. The Kier molecular flexibility index (Phi) is 7.21. The van der Waals surface area contributed by atoms with Gasteiger partial charge in [0.25, 0.3) is 11.8 Å². The van der Waals surface area contributed by atoms with Crippen LogP contribution < -0.4 is 10.2 Å². The molecule has 1 aromatic heterocycles. The van der Waals surface area contributed by atoms with Crippen molar-refractivity contribution in [3.8, 4) is 0 Å². The number of hydrogen-bond acceptors (Lipinski definition) is 3. The highest BCUT2D eigenvalue weighted by atomic mass is 35.5. The minimum Gasteiger partial charge on any atom is -0.477 e. The number of carboxylic acid groups (broad SMARTS) is 1. The molecule has 0 saturated heterocycles. The molecule has 0 unspecified atom stereocenters. The summed E-state index contributed by atoms with van der Waals surface area (Å²) in [5.74, 6) is -1.61. The summed E-state index contributed by atoms with van der Waals surface area (Å²) < 4.78 is 1.79. The molecule has 5 rings (SSSR count). The Balaban J connectivity index is 1.48. The summed E-state index contributed by atoms with van der Waals surface area (Å²) in [6.07, 6.45) is 0.645. The molecule has 0 atom stereocenters. The maximum Gasteiger partial charge on any atom is 0.352 e. The van der Waals surface area contributed by atoms with Gasteiger partial charge in [-0.25, -0.2) is 4.79 Å². The van der Waals surface area contributed by atoms with E-state index in [4.69, 9.17) is 23.2 Å². The van der Waals surface area contributed by atoms with Gasteiger partial charge in [0.2, 0.25) is 0 Å². The molecule has 39 heavy (non-hydrogen) atoms. The van der Waals surface area contributed by atoms with Crippen LogP contribution in [0.3, 0.4) is 0 Å². The third-order valence-corrected chi connectivity index (χ3v) is 7.51. The first-order valence-electron chi connectivity index (χ1n) is 12.4. The minimum absolute atomic E-state index is 0.211. The highest BCUT2D eigenvalue weighted by molar-refractivity contribution is 6.37. The number of nitrogens with zero attached hydrogens (tertiary/aromatic N) is 2. The number of aryl methyl sites for hydroxylation is 2. The molecule has 3 aromatic carbocycles. The second-order valence-corrected chi connectivity index (χ2v) is 10.2. The maximum absolute atomic E-state index is 13.9. The third kappa shape index (κ3) is 5.03. The fourth-order valence-corrected chi connectivity index (χ4v) is 5.44. The van der Waals surface area contributed by atoms with Crippen molar-refractivity contribution in [1.29, 1.82) is 0 Å². The summed E-state index contributed by atoms with van der Waals surface area (Å²) in [5, 5.41) is 13.3. The SMILES string of the molecule is CCc1cc(C(=O)O)n2c1CN(C(=O)c1ccc(NC(=O)c3ccc(Cl)cc3Cl)c(C)c1)c1ccccc1C2. The van der Waals surface area contributed by atoms with Crippen LogP contribution in [0.4, 0.5) is 11.4 Å². The monoisotopic (exact) mass is 561 g/mol. The molecule has 198 valence electrons. The first-order valence-corrected chi connectivity index (χ1v) is 13.1. The van der Waals surface area contributed by atoms with Crippen molar-refractivity contribution in [2.24, 2.45) is 0 Å². The fourth-order valence-electron chi connectivity index (χ4n) is 4.95. The van der Waals surface area contributed by atoms with Gasteiger partial charge in [-0.1, -0.05) is 48.3 Å². The highest BCUT2D eigenvalue weighted by Gasteiger charge is 2.29. The molecule has 0 spiro atoms. The highest BCUT2D eigenvalue weighted by Crippen LogP contribution is 2.33. The first kappa shape index (κ1) is 26.5. The Morgan fingerprint density at radius 2 is 1.74 bits per heavy atom. The zero-order valence-corrected chi connectivity index (χ0v) is 22.8. The van der Waals surface area contributed by atoms with Crippen molar-refractivity contribution in [1.82, 2.24) is 4.57 Å². The predicted molar refractivity (Wildman–Crippen MR) is 152 cm³/mol. The van der Waals surface area contributed by atoms with E-state index < -0.39 is 5.97 Å². The lowest BCUT2D eigenvalue weighted by atomic mass is 10.1. The Labute approximate surface area is 235 Å². The molecule has 7 nitrogen and oxygen atoms in total. The summed E-state index contributed by atoms with van der Waals surface area (Å²) >= 11 is 12.1. The van der Waals surface area contributed by atoms with Crippen molar-refractivity contribution in [3.05, 3.63) is 116 Å². The topological polar surface area (TPSA) is 91.6 Å². The van der Waals surface area contributed by atoms with Crippen molar-refractivity contribution < 1.29 is 19.5 Å². The Morgan fingerprint density at radius 1 is 0.974 bits per heavy atom. The number of benzene rings is 3. The van der Waals surface area contributed by atoms with E-state index >= 15 is 0 Å². The number of amides is 2. The van der Waals surface area contributed by atoms with Gasteiger partial charge in [0.15, 0.2) is 0 Å². The molecule has 2 N–H and O–H groups in total. The van der Waals surface area contributed by atoms with E-state index in [1.54, 1.807) is 45.9 Å². The van der Waals surface area contributed by atoms with Gasteiger partial charge in [0, 0.05) is 27.7 Å². The third-order valence-electron chi connectivity index (χ3n) is 6.96. The quantitative estimate of drug-likeness (QED) is 0.279. The van der Waals surface area contributed by atoms with E-state index in [1.807, 2.05) is 38.1 Å². The van der Waals surface area contributed by atoms with Gasteiger partial charge in [-0.2, -0.15) is 0 Å². The number of para-hydroxylation sites is 1. The number of aromatic nitrogens is 1. The molecule has 0 saturated carbocycles. The summed E-state index contributed by atoms with van der Waals surface area (Å²) in [6, 6.07) is 19.0. The van der Waals surface area contributed by atoms with Crippen LogP contribution in [-0.2, 0) is 19.5 Å². The van der Waals surface area contributed by atoms with E-state index in [1.165, 1.54) is 6.07 Å². The van der Waals surface area contributed by atoms with E-state index in [0.717, 1.165) is 22.5 Å². The van der Waals surface area contributed by atoms with Crippen LogP contribution in [0.15, 0.2) is 66.7 Å². The normalized spacial score (nSPS) is 12.4. The molecule has 0 fully saturated rings. The molecular formula is C30H25Cl2N3O4. The molecule has 1 aliphatic heterocycles. The van der Waals surface area contributed by atoms with Gasteiger partial charge >= 0.3 is 5.97 Å². The number of carbonyl (C=O) groups is 3. The van der Waals surface area contributed by atoms with Crippen molar-refractivity contribution in [2.45, 2.75) is 33.4 Å². The Hall–Kier alpha value is -4.07.